The molecule has 1 atom stereocenters. The molecule has 0 saturated heterocycles. The maximum Gasteiger partial charge on any atom is 0.0314 e. The van der Waals surface area contributed by atoms with Crippen molar-refractivity contribution in [1.29, 1.82) is 0 Å². The van der Waals surface area contributed by atoms with Gasteiger partial charge in [0.15, 0.2) is 0 Å². The van der Waals surface area contributed by atoms with Crippen molar-refractivity contribution in [2.45, 2.75) is 90.9 Å². The summed E-state index contributed by atoms with van der Waals surface area (Å²) in [6.07, 6.45) is 12.3. The first-order valence-corrected chi connectivity index (χ1v) is 9.96. The van der Waals surface area contributed by atoms with Gasteiger partial charge in [-0.25, -0.2) is 0 Å². The largest absolute Gasteiger partial charge is 0.147 e. The third kappa shape index (κ3) is 5.18. The average Bonchev–Trinajstić information content (AvgIpc) is 2.76. The smallest absolute Gasteiger partial charge is 0.0314 e. The molecule has 1 unspecified atom stereocenters. The second kappa shape index (κ2) is 9.25. The molecular formula is C18H31BrS. The number of hydrogen-bond acceptors (Lipinski definition) is 1. The van der Waals surface area contributed by atoms with Gasteiger partial charge in [-0.3, -0.25) is 0 Å². The van der Waals surface area contributed by atoms with Gasteiger partial charge in [0.1, 0.15) is 0 Å². The molecule has 116 valence electrons. The Bertz CT molecular complexity index is 383. The third-order valence-electron chi connectivity index (χ3n) is 4.44. The lowest BCUT2D eigenvalue weighted by atomic mass is 9.77. The molecule has 0 aliphatic heterocycles. The highest BCUT2D eigenvalue weighted by Crippen LogP contribution is 2.42. The average molecular weight is 359 g/mol. The van der Waals surface area contributed by atoms with Crippen LogP contribution in [0.3, 0.4) is 0 Å². The molecule has 1 rings (SSSR count). The van der Waals surface area contributed by atoms with E-state index in [1.165, 1.54) is 67.8 Å². The fourth-order valence-corrected chi connectivity index (χ4v) is 4.83. The van der Waals surface area contributed by atoms with Crippen molar-refractivity contribution in [3.63, 3.8) is 0 Å². The van der Waals surface area contributed by atoms with Gasteiger partial charge in [-0.05, 0) is 41.3 Å². The van der Waals surface area contributed by atoms with Gasteiger partial charge >= 0.3 is 0 Å². The summed E-state index contributed by atoms with van der Waals surface area (Å²) in [7, 11) is 0. The van der Waals surface area contributed by atoms with E-state index in [1.54, 1.807) is 4.88 Å². The zero-order valence-corrected chi connectivity index (χ0v) is 16.1. The van der Waals surface area contributed by atoms with Gasteiger partial charge in [-0.15, -0.1) is 11.3 Å². The number of halogens is 1. The highest BCUT2D eigenvalue weighted by molar-refractivity contribution is 9.10. The van der Waals surface area contributed by atoms with Crippen LogP contribution >= 0.6 is 27.3 Å². The van der Waals surface area contributed by atoms with E-state index in [0.29, 0.717) is 5.41 Å². The highest BCUT2D eigenvalue weighted by Gasteiger charge is 2.29. The monoisotopic (exact) mass is 358 g/mol. The zero-order chi connectivity index (χ0) is 15.0. The fraction of sp³-hybridized carbons (Fsp3) is 0.778. The van der Waals surface area contributed by atoms with Crippen LogP contribution in [-0.4, -0.2) is 0 Å². The van der Waals surface area contributed by atoms with Crippen LogP contribution in [0.4, 0.5) is 0 Å². The first kappa shape index (κ1) is 18.2. The summed E-state index contributed by atoms with van der Waals surface area (Å²) in [4.78, 5) is 1.62. The molecule has 2 heteroatoms. The van der Waals surface area contributed by atoms with Gasteiger partial charge in [0, 0.05) is 20.1 Å². The molecule has 0 aliphatic carbocycles. The Balaban J connectivity index is 2.74. The van der Waals surface area contributed by atoms with E-state index in [2.05, 4.69) is 49.0 Å². The minimum atomic E-state index is 0.393. The van der Waals surface area contributed by atoms with E-state index < -0.39 is 0 Å². The number of hydrogen-bond donors (Lipinski definition) is 0. The predicted octanol–water partition coefficient (Wildman–Crippen LogP) is 7.63. The molecule has 0 fully saturated rings. The van der Waals surface area contributed by atoms with Crippen LogP contribution in [0.25, 0.3) is 0 Å². The zero-order valence-electron chi connectivity index (χ0n) is 13.7. The van der Waals surface area contributed by atoms with Crippen molar-refractivity contribution < 1.29 is 0 Å². The van der Waals surface area contributed by atoms with Crippen molar-refractivity contribution >= 4 is 27.3 Å². The maximum atomic E-state index is 3.69. The van der Waals surface area contributed by atoms with E-state index in [1.807, 2.05) is 11.3 Å². The van der Waals surface area contributed by atoms with Crippen LogP contribution < -0.4 is 0 Å². The predicted molar refractivity (Wildman–Crippen MR) is 97.0 cm³/mol. The standard InChI is InChI=1S/C18H31BrS/c1-5-7-9-11-13-18(4,12-10-8-6-2)17-15(3)16(19)14-20-17/h14H,5-13H2,1-4H3. The molecule has 0 spiro atoms. The molecule has 0 radical (unpaired) electrons. The van der Waals surface area contributed by atoms with E-state index in [9.17, 15) is 0 Å². The van der Waals surface area contributed by atoms with Gasteiger partial charge in [-0.2, -0.15) is 0 Å². The Hall–Kier alpha value is 0.180. The van der Waals surface area contributed by atoms with Crippen LogP contribution in [0, 0.1) is 6.92 Å². The minimum Gasteiger partial charge on any atom is -0.147 e. The van der Waals surface area contributed by atoms with Crippen molar-refractivity contribution in [3.05, 3.63) is 20.3 Å². The van der Waals surface area contributed by atoms with Gasteiger partial charge in [-0.1, -0.05) is 65.7 Å². The lowest BCUT2D eigenvalue weighted by Gasteiger charge is -2.30. The molecule has 1 aromatic rings. The fourth-order valence-electron chi connectivity index (χ4n) is 3.05. The van der Waals surface area contributed by atoms with Crippen molar-refractivity contribution in [2.24, 2.45) is 0 Å². The molecule has 20 heavy (non-hydrogen) atoms. The first-order valence-electron chi connectivity index (χ1n) is 8.29. The molecule has 0 aliphatic rings. The molecule has 0 saturated carbocycles. The molecule has 0 nitrogen and oxygen atoms in total. The highest BCUT2D eigenvalue weighted by atomic mass is 79.9. The first-order chi connectivity index (χ1) is 9.55. The van der Waals surface area contributed by atoms with Crippen LogP contribution in [0.2, 0.25) is 0 Å². The molecule has 0 bridgehead atoms. The molecule has 1 heterocycles. The quantitative estimate of drug-likeness (QED) is 0.377. The van der Waals surface area contributed by atoms with Crippen molar-refractivity contribution in [1.82, 2.24) is 0 Å². The van der Waals surface area contributed by atoms with Gasteiger partial charge in [0.05, 0.1) is 0 Å². The Morgan fingerprint density at radius 2 is 1.55 bits per heavy atom. The van der Waals surface area contributed by atoms with Crippen LogP contribution in [-0.2, 0) is 5.41 Å². The number of unbranched alkanes of at least 4 members (excludes halogenated alkanes) is 5. The molecule has 1 aromatic heterocycles. The van der Waals surface area contributed by atoms with Gasteiger partial charge in [0.2, 0.25) is 0 Å². The van der Waals surface area contributed by atoms with E-state index in [-0.39, 0.29) is 0 Å². The summed E-state index contributed by atoms with van der Waals surface area (Å²) >= 11 is 5.65. The van der Waals surface area contributed by atoms with Gasteiger partial charge in [0.25, 0.3) is 0 Å². The molecule has 0 N–H and O–H groups in total. The van der Waals surface area contributed by atoms with E-state index >= 15 is 0 Å². The van der Waals surface area contributed by atoms with Crippen molar-refractivity contribution in [2.75, 3.05) is 0 Å². The summed E-state index contributed by atoms with van der Waals surface area (Å²) in [5, 5.41) is 2.27. The third-order valence-corrected chi connectivity index (χ3v) is 6.96. The van der Waals surface area contributed by atoms with Crippen LogP contribution in [0.5, 0.6) is 0 Å². The van der Waals surface area contributed by atoms with Crippen LogP contribution in [0.1, 0.15) is 89.0 Å². The summed E-state index contributed by atoms with van der Waals surface area (Å²) in [6.45, 7) is 9.37. The summed E-state index contributed by atoms with van der Waals surface area (Å²) in [5.41, 5.74) is 1.87. The van der Waals surface area contributed by atoms with Crippen molar-refractivity contribution in [3.8, 4) is 0 Å². The number of thiophene rings is 1. The SMILES string of the molecule is CCCCCCC(C)(CCCCC)c1scc(Br)c1C. The lowest BCUT2D eigenvalue weighted by Crippen LogP contribution is -2.21. The topological polar surface area (TPSA) is 0 Å². The number of rotatable bonds is 10. The minimum absolute atomic E-state index is 0.393. The molecular weight excluding hydrogens is 328 g/mol. The normalized spacial score (nSPS) is 14.4. The maximum absolute atomic E-state index is 3.69. The Kier molecular flexibility index (Phi) is 8.43. The lowest BCUT2D eigenvalue weighted by molar-refractivity contribution is 0.370. The van der Waals surface area contributed by atoms with E-state index in [4.69, 9.17) is 0 Å². The molecule has 0 amide bonds. The Morgan fingerprint density at radius 3 is 2.05 bits per heavy atom. The second-order valence-electron chi connectivity index (χ2n) is 6.37. The summed E-state index contributed by atoms with van der Waals surface area (Å²) < 4.78 is 1.30. The van der Waals surface area contributed by atoms with Crippen LogP contribution in [0.15, 0.2) is 9.85 Å². The summed E-state index contributed by atoms with van der Waals surface area (Å²) in [6, 6.07) is 0. The van der Waals surface area contributed by atoms with Gasteiger partial charge < -0.3 is 0 Å². The van der Waals surface area contributed by atoms with E-state index in [0.717, 1.165) is 0 Å². The second-order valence-corrected chi connectivity index (χ2v) is 8.10. The Morgan fingerprint density at radius 1 is 1.00 bits per heavy atom. The Labute approximate surface area is 138 Å². The summed E-state index contributed by atoms with van der Waals surface area (Å²) in [5.74, 6) is 0. The molecule has 0 aromatic carbocycles.